The van der Waals surface area contributed by atoms with Crippen LogP contribution in [0.1, 0.15) is 30.9 Å². The average Bonchev–Trinajstić information content (AvgIpc) is 2.83. The molecule has 6 heteroatoms. The van der Waals surface area contributed by atoms with Gasteiger partial charge < -0.3 is 19.1 Å². The number of piperidine rings is 1. The van der Waals surface area contributed by atoms with E-state index in [-0.39, 0.29) is 5.91 Å². The zero-order valence-electron chi connectivity index (χ0n) is 19.0. The minimum atomic E-state index is -0.619. The zero-order chi connectivity index (χ0) is 22.9. The monoisotopic (exact) mass is 437 g/mol. The van der Waals surface area contributed by atoms with Gasteiger partial charge in [0.1, 0.15) is 0 Å². The smallest absolute Gasteiger partial charge is 0.330 e. The van der Waals surface area contributed by atoms with Crippen LogP contribution in [0.5, 0.6) is 11.5 Å². The molecule has 0 bridgehead atoms. The minimum Gasteiger partial charge on any atom is -0.493 e. The maximum Gasteiger partial charge on any atom is 0.330 e. The van der Waals surface area contributed by atoms with Gasteiger partial charge in [-0.25, -0.2) is 4.79 Å². The highest BCUT2D eigenvalue weighted by molar-refractivity contribution is 5.87. The molecule has 32 heavy (non-hydrogen) atoms. The molecule has 1 saturated heterocycles. The third-order valence-corrected chi connectivity index (χ3v) is 5.75. The lowest BCUT2D eigenvalue weighted by Crippen LogP contribution is -2.45. The number of likely N-dealkylation sites (tertiary alicyclic amines) is 1. The number of hydrogen-bond donors (Lipinski definition) is 0. The van der Waals surface area contributed by atoms with E-state index >= 15 is 0 Å². The van der Waals surface area contributed by atoms with Gasteiger partial charge in [0.2, 0.25) is 0 Å². The highest BCUT2D eigenvalue weighted by atomic mass is 16.5. The Labute approximate surface area is 189 Å². The summed E-state index contributed by atoms with van der Waals surface area (Å²) < 4.78 is 16.0. The minimum absolute atomic E-state index is 0.0140. The number of rotatable bonds is 8. The molecular formula is C26H31NO5. The molecule has 0 aromatic heterocycles. The Morgan fingerprint density at radius 3 is 2.44 bits per heavy atom. The first-order chi connectivity index (χ1) is 15.5. The number of amides is 1. The Morgan fingerprint density at radius 2 is 1.78 bits per heavy atom. The topological polar surface area (TPSA) is 65.1 Å². The van der Waals surface area contributed by atoms with Crippen LogP contribution >= 0.6 is 0 Å². The highest BCUT2D eigenvalue weighted by Crippen LogP contribution is 2.30. The van der Waals surface area contributed by atoms with Crippen molar-refractivity contribution in [3.05, 3.63) is 65.7 Å². The molecule has 0 spiro atoms. The van der Waals surface area contributed by atoms with Crippen LogP contribution in [0.2, 0.25) is 0 Å². The van der Waals surface area contributed by atoms with Gasteiger partial charge in [-0.05, 0) is 61.4 Å². The molecule has 0 saturated carbocycles. The predicted molar refractivity (Wildman–Crippen MR) is 124 cm³/mol. The van der Waals surface area contributed by atoms with Crippen molar-refractivity contribution in [3.8, 4) is 11.5 Å². The second-order valence-electron chi connectivity index (χ2n) is 7.99. The molecule has 1 amide bonds. The van der Waals surface area contributed by atoms with E-state index in [4.69, 9.17) is 9.47 Å². The summed E-state index contributed by atoms with van der Waals surface area (Å²) >= 11 is 0. The van der Waals surface area contributed by atoms with Gasteiger partial charge in [-0.15, -0.1) is 0 Å². The molecule has 0 aliphatic carbocycles. The number of ether oxygens (including phenoxy) is 3. The molecule has 2 aromatic rings. The first kappa shape index (κ1) is 23.4. The number of methoxy groups -OCH3 is 2. The molecule has 2 aromatic carbocycles. The van der Waals surface area contributed by atoms with E-state index in [2.05, 4.69) is 29.0 Å². The van der Waals surface area contributed by atoms with Crippen LogP contribution in [0.4, 0.5) is 0 Å². The number of carbonyl (C=O) groups is 2. The Bertz CT molecular complexity index is 932. The van der Waals surface area contributed by atoms with Gasteiger partial charge in [-0.2, -0.15) is 0 Å². The van der Waals surface area contributed by atoms with Gasteiger partial charge in [-0.3, -0.25) is 4.79 Å². The van der Waals surface area contributed by atoms with Crippen LogP contribution in [-0.4, -0.2) is 50.2 Å². The van der Waals surface area contributed by atoms with Crippen molar-refractivity contribution >= 4 is 18.0 Å². The van der Waals surface area contributed by atoms with Crippen molar-refractivity contribution in [1.29, 1.82) is 0 Å². The summed E-state index contributed by atoms with van der Waals surface area (Å²) in [6.45, 7) is 3.26. The number of esters is 1. The van der Waals surface area contributed by atoms with E-state index < -0.39 is 12.1 Å². The fourth-order valence-electron chi connectivity index (χ4n) is 3.92. The molecule has 170 valence electrons. The van der Waals surface area contributed by atoms with Gasteiger partial charge in [-0.1, -0.05) is 36.4 Å². The summed E-state index contributed by atoms with van der Waals surface area (Å²) in [6, 6.07) is 15.8. The number of hydrogen-bond acceptors (Lipinski definition) is 5. The fraction of sp³-hybridized carbons (Fsp3) is 0.385. The lowest BCUT2D eigenvalue weighted by atomic mass is 9.90. The van der Waals surface area contributed by atoms with Crippen LogP contribution in [0, 0.1) is 5.92 Å². The second-order valence-corrected chi connectivity index (χ2v) is 7.99. The van der Waals surface area contributed by atoms with E-state index in [0.717, 1.165) is 37.9 Å². The molecule has 1 heterocycles. The highest BCUT2D eigenvalue weighted by Gasteiger charge is 2.27. The Balaban J connectivity index is 1.55. The van der Waals surface area contributed by atoms with E-state index in [1.165, 1.54) is 18.7 Å². The quantitative estimate of drug-likeness (QED) is 0.459. The largest absolute Gasteiger partial charge is 0.493 e. The molecule has 1 atom stereocenters. The summed E-state index contributed by atoms with van der Waals surface area (Å²) in [5.41, 5.74) is 2.12. The average molecular weight is 438 g/mol. The number of benzene rings is 2. The van der Waals surface area contributed by atoms with Gasteiger partial charge in [0, 0.05) is 19.2 Å². The van der Waals surface area contributed by atoms with Gasteiger partial charge in [0.15, 0.2) is 17.6 Å². The Hall–Kier alpha value is -3.28. The molecule has 1 fully saturated rings. The normalized spacial score (nSPS) is 15.4. The maximum atomic E-state index is 12.9. The molecule has 1 aliphatic rings. The summed E-state index contributed by atoms with van der Waals surface area (Å²) in [7, 11) is 2.87. The van der Waals surface area contributed by atoms with E-state index in [1.54, 1.807) is 38.3 Å². The first-order valence-electron chi connectivity index (χ1n) is 10.9. The SMILES string of the molecule is COC(=O)/C=C/c1ccc(OC(C)C(=O)N2CCC(Cc3ccccc3)CC2)c(OC)c1. The zero-order valence-corrected chi connectivity index (χ0v) is 19.0. The van der Waals surface area contributed by atoms with E-state index in [9.17, 15) is 9.59 Å². The lowest BCUT2D eigenvalue weighted by molar-refractivity contribution is -0.139. The Morgan fingerprint density at radius 1 is 1.06 bits per heavy atom. The summed E-state index contributed by atoms with van der Waals surface area (Å²) in [5, 5.41) is 0. The van der Waals surface area contributed by atoms with E-state index in [1.807, 2.05) is 11.0 Å². The van der Waals surface area contributed by atoms with Crippen LogP contribution in [-0.2, 0) is 20.7 Å². The molecule has 3 rings (SSSR count). The van der Waals surface area contributed by atoms with Gasteiger partial charge >= 0.3 is 5.97 Å². The van der Waals surface area contributed by atoms with E-state index in [0.29, 0.717) is 17.4 Å². The predicted octanol–water partition coefficient (Wildman–Crippen LogP) is 4.13. The molecule has 1 aliphatic heterocycles. The molecule has 0 N–H and O–H groups in total. The van der Waals surface area contributed by atoms with Gasteiger partial charge in [0.05, 0.1) is 14.2 Å². The summed E-state index contributed by atoms with van der Waals surface area (Å²) in [5.74, 6) is 1.14. The number of nitrogens with zero attached hydrogens (tertiary/aromatic N) is 1. The third kappa shape index (κ3) is 6.36. The van der Waals surface area contributed by atoms with Crippen molar-refractivity contribution < 1.29 is 23.8 Å². The molecule has 0 radical (unpaired) electrons. The lowest BCUT2D eigenvalue weighted by Gasteiger charge is -2.33. The van der Waals surface area contributed by atoms with Gasteiger partial charge in [0.25, 0.3) is 5.91 Å². The van der Waals surface area contributed by atoms with Crippen molar-refractivity contribution in [2.45, 2.75) is 32.3 Å². The van der Waals surface area contributed by atoms with Crippen LogP contribution in [0.3, 0.4) is 0 Å². The molecular weight excluding hydrogens is 406 g/mol. The molecule has 1 unspecified atom stereocenters. The number of carbonyl (C=O) groups excluding carboxylic acids is 2. The third-order valence-electron chi connectivity index (χ3n) is 5.75. The summed E-state index contributed by atoms with van der Waals surface area (Å²) in [4.78, 5) is 26.1. The standard InChI is InChI=1S/C26H31NO5/c1-19(32-23-11-9-21(18-24(23)30-2)10-12-25(28)31-3)26(29)27-15-13-22(14-16-27)17-20-7-5-4-6-8-20/h4-12,18-19,22H,13-17H2,1-3H3/b12-10+. The molecule has 6 nitrogen and oxygen atoms in total. The summed E-state index contributed by atoms with van der Waals surface area (Å²) in [6.07, 6.45) is 5.40. The second kappa shape index (κ2) is 11.4. The van der Waals surface area contributed by atoms with Crippen molar-refractivity contribution in [2.24, 2.45) is 5.92 Å². The van der Waals surface area contributed by atoms with Crippen molar-refractivity contribution in [2.75, 3.05) is 27.3 Å². The Kier molecular flexibility index (Phi) is 8.31. The fourth-order valence-corrected chi connectivity index (χ4v) is 3.92. The van der Waals surface area contributed by atoms with Crippen molar-refractivity contribution in [1.82, 2.24) is 4.90 Å². The van der Waals surface area contributed by atoms with Crippen LogP contribution < -0.4 is 9.47 Å². The van der Waals surface area contributed by atoms with Crippen LogP contribution in [0.25, 0.3) is 6.08 Å². The van der Waals surface area contributed by atoms with Crippen molar-refractivity contribution in [3.63, 3.8) is 0 Å². The van der Waals surface area contributed by atoms with Crippen LogP contribution in [0.15, 0.2) is 54.6 Å². The first-order valence-corrected chi connectivity index (χ1v) is 10.9. The maximum absolute atomic E-state index is 12.9.